The number of nitrogens with zero attached hydrogens (tertiary/aromatic N) is 1. The zero-order valence-electron chi connectivity index (χ0n) is 18.7. The Morgan fingerprint density at radius 2 is 1.66 bits per heavy atom. The van der Waals surface area contributed by atoms with Crippen molar-refractivity contribution in [2.45, 2.75) is 70.1 Å². The minimum atomic E-state index is -0.793. The highest BCUT2D eigenvalue weighted by Crippen LogP contribution is 2.65. The van der Waals surface area contributed by atoms with Crippen LogP contribution in [-0.4, -0.2) is 30.0 Å². The Morgan fingerprint density at radius 3 is 2.25 bits per heavy atom. The number of unbranched alkanes of at least 4 members (excludes halogenated alkanes) is 2. The quantitative estimate of drug-likeness (QED) is 0.327. The topological polar surface area (TPSA) is 111 Å². The van der Waals surface area contributed by atoms with Crippen LogP contribution in [0, 0.1) is 27.4 Å². The maximum absolute atomic E-state index is 13.4. The van der Waals surface area contributed by atoms with Crippen LogP contribution in [0.2, 0.25) is 0 Å². The minimum absolute atomic E-state index is 0.00556. The summed E-state index contributed by atoms with van der Waals surface area (Å²) in [6, 6.07) is 7.24. The molecule has 2 atom stereocenters. The second kappa shape index (κ2) is 9.08. The molecule has 0 heterocycles. The molecular formula is C24H33N3O5. The van der Waals surface area contributed by atoms with Crippen molar-refractivity contribution in [3.63, 3.8) is 0 Å². The lowest BCUT2D eigenvalue weighted by molar-refractivity contribution is -0.711. The number of amides is 2. The van der Waals surface area contributed by atoms with Crippen molar-refractivity contribution in [3.05, 3.63) is 39.9 Å². The Kier molecular flexibility index (Phi) is 6.40. The van der Waals surface area contributed by atoms with Gasteiger partial charge in [-0.05, 0) is 92.7 Å². The van der Waals surface area contributed by atoms with Crippen LogP contribution in [0.15, 0.2) is 24.3 Å². The first kappa shape index (κ1) is 22.6. The molecule has 8 nitrogen and oxygen atoms in total. The van der Waals surface area contributed by atoms with Gasteiger partial charge in [-0.15, -0.1) is 10.1 Å². The van der Waals surface area contributed by atoms with Crippen LogP contribution in [0.3, 0.4) is 0 Å². The zero-order valence-corrected chi connectivity index (χ0v) is 18.7. The smallest absolute Gasteiger partial charge is 0.299 e. The van der Waals surface area contributed by atoms with Crippen molar-refractivity contribution >= 4 is 11.8 Å². The molecule has 4 aliphatic carbocycles. The van der Waals surface area contributed by atoms with E-state index in [1.54, 1.807) is 12.1 Å². The molecule has 0 spiro atoms. The van der Waals surface area contributed by atoms with Crippen molar-refractivity contribution in [2.24, 2.45) is 17.3 Å². The molecule has 4 saturated carbocycles. The summed E-state index contributed by atoms with van der Waals surface area (Å²) in [7, 11) is 0. The first-order chi connectivity index (χ1) is 15.3. The highest BCUT2D eigenvalue weighted by molar-refractivity contribution is 5.83. The Hall–Kier alpha value is -2.64. The van der Waals surface area contributed by atoms with Crippen LogP contribution < -0.4 is 15.5 Å². The summed E-state index contributed by atoms with van der Waals surface area (Å²) >= 11 is 0. The lowest BCUT2D eigenvalue weighted by atomic mass is 9.42. The van der Waals surface area contributed by atoms with Crippen LogP contribution in [0.25, 0.3) is 0 Å². The zero-order chi connectivity index (χ0) is 22.8. The summed E-state index contributed by atoms with van der Waals surface area (Å²) < 4.78 is 0. The van der Waals surface area contributed by atoms with Gasteiger partial charge in [-0.25, -0.2) is 0 Å². The fourth-order valence-corrected chi connectivity index (χ4v) is 6.90. The Bertz CT molecular complexity index is 855. The summed E-state index contributed by atoms with van der Waals surface area (Å²) in [5.74, 6) is 1.55. The third-order valence-electron chi connectivity index (χ3n) is 7.70. The number of rotatable bonds is 10. The maximum Gasteiger partial charge on any atom is 0.299 e. The predicted octanol–water partition coefficient (Wildman–Crippen LogP) is 3.52. The van der Waals surface area contributed by atoms with Crippen molar-refractivity contribution in [3.8, 4) is 5.75 Å². The molecule has 2 amide bonds. The van der Waals surface area contributed by atoms with Crippen LogP contribution in [0.4, 0.5) is 0 Å². The van der Waals surface area contributed by atoms with Crippen molar-refractivity contribution in [2.75, 3.05) is 13.1 Å². The van der Waals surface area contributed by atoms with Gasteiger partial charge in [0.1, 0.15) is 5.75 Å². The maximum atomic E-state index is 13.4. The van der Waals surface area contributed by atoms with Gasteiger partial charge < -0.3 is 10.6 Å². The summed E-state index contributed by atoms with van der Waals surface area (Å²) in [6.45, 7) is 2.88. The highest BCUT2D eigenvalue weighted by atomic mass is 17.0. The van der Waals surface area contributed by atoms with E-state index >= 15 is 0 Å². The van der Waals surface area contributed by atoms with Gasteiger partial charge in [0.05, 0.1) is 5.41 Å². The summed E-state index contributed by atoms with van der Waals surface area (Å²) in [4.78, 5) is 39.5. The van der Waals surface area contributed by atoms with E-state index in [0.29, 0.717) is 24.9 Å². The molecule has 4 fully saturated rings. The fraction of sp³-hybridized carbons (Fsp3) is 0.667. The Labute approximate surface area is 188 Å². The van der Waals surface area contributed by atoms with Gasteiger partial charge in [-0.2, -0.15) is 0 Å². The normalized spacial score (nSPS) is 30.0. The van der Waals surface area contributed by atoms with Crippen LogP contribution in [-0.2, 0) is 15.0 Å². The predicted molar refractivity (Wildman–Crippen MR) is 118 cm³/mol. The van der Waals surface area contributed by atoms with Gasteiger partial charge in [-0.1, -0.05) is 12.1 Å². The van der Waals surface area contributed by atoms with Crippen LogP contribution in [0.5, 0.6) is 5.75 Å². The van der Waals surface area contributed by atoms with Crippen LogP contribution >= 0.6 is 0 Å². The standard InChI is InChI=1S/C24H33N3O5/c1-17(28)25-9-3-2-4-10-26-22(29)24-14-18-11-19(15-24)13-23(12-18,16-24)20-5-7-21(8-6-20)32-27(30)31/h5-8,18-19H,2-4,9-16H2,1H3,(H,25,28)(H,26,29). The van der Waals surface area contributed by atoms with E-state index < -0.39 is 5.09 Å². The first-order valence-electron chi connectivity index (χ1n) is 11.8. The average Bonchev–Trinajstić information content (AvgIpc) is 2.71. The second-order valence-corrected chi connectivity index (χ2v) is 10.2. The summed E-state index contributed by atoms with van der Waals surface area (Å²) in [5, 5.41) is 15.8. The van der Waals surface area contributed by atoms with E-state index in [4.69, 9.17) is 0 Å². The third kappa shape index (κ3) is 4.74. The lowest BCUT2D eigenvalue weighted by Crippen LogP contribution is -2.59. The number of nitrogens with one attached hydrogen (secondary N) is 2. The summed E-state index contributed by atoms with van der Waals surface area (Å²) in [5.41, 5.74) is 0.862. The molecule has 174 valence electrons. The lowest BCUT2D eigenvalue weighted by Gasteiger charge is -2.61. The van der Waals surface area contributed by atoms with Gasteiger partial charge in [0.15, 0.2) is 0 Å². The molecule has 2 N–H and O–H groups in total. The number of carbonyl (C=O) groups excluding carboxylic acids is 2. The fourth-order valence-electron chi connectivity index (χ4n) is 6.90. The second-order valence-electron chi connectivity index (χ2n) is 10.2. The van der Waals surface area contributed by atoms with Crippen LogP contribution in [0.1, 0.15) is 70.3 Å². The molecular weight excluding hydrogens is 410 g/mol. The van der Waals surface area contributed by atoms with Crippen molar-refractivity contribution < 1.29 is 19.5 Å². The van der Waals surface area contributed by atoms with Gasteiger partial charge in [0, 0.05) is 20.0 Å². The number of hydrogen-bond acceptors (Lipinski definition) is 5. The molecule has 0 radical (unpaired) electrons. The Morgan fingerprint density at radius 1 is 1.03 bits per heavy atom. The van der Waals surface area contributed by atoms with E-state index in [-0.39, 0.29) is 28.4 Å². The minimum Gasteiger partial charge on any atom is -0.356 e. The first-order valence-corrected chi connectivity index (χ1v) is 11.8. The molecule has 4 aliphatic rings. The van der Waals surface area contributed by atoms with E-state index in [1.165, 1.54) is 18.9 Å². The van der Waals surface area contributed by atoms with Crippen molar-refractivity contribution in [1.29, 1.82) is 0 Å². The molecule has 0 saturated heterocycles. The monoisotopic (exact) mass is 443 g/mol. The molecule has 1 aromatic rings. The van der Waals surface area contributed by atoms with E-state index in [9.17, 15) is 19.7 Å². The number of benzene rings is 1. The van der Waals surface area contributed by atoms with Gasteiger partial charge >= 0.3 is 0 Å². The number of carbonyl (C=O) groups is 2. The third-order valence-corrected chi connectivity index (χ3v) is 7.70. The SMILES string of the molecule is CC(=O)NCCCCCNC(=O)C12CC3CC(C1)CC(c1ccc(O[N+](=O)[O-])cc1)(C3)C2. The molecule has 1 aromatic carbocycles. The van der Waals surface area contributed by atoms with E-state index in [2.05, 4.69) is 15.5 Å². The molecule has 2 unspecified atom stereocenters. The van der Waals surface area contributed by atoms with E-state index in [0.717, 1.165) is 51.4 Å². The van der Waals surface area contributed by atoms with Gasteiger partial charge in [-0.3, -0.25) is 14.4 Å². The van der Waals surface area contributed by atoms with Gasteiger partial charge in [0.25, 0.3) is 5.09 Å². The molecule has 8 heteroatoms. The highest BCUT2D eigenvalue weighted by Gasteiger charge is 2.60. The Balaban J connectivity index is 1.38. The molecule has 32 heavy (non-hydrogen) atoms. The van der Waals surface area contributed by atoms with E-state index in [1.807, 2.05) is 12.1 Å². The molecule has 0 aromatic heterocycles. The molecule has 5 rings (SSSR count). The number of hydrogen-bond donors (Lipinski definition) is 2. The van der Waals surface area contributed by atoms with Gasteiger partial charge in [0.2, 0.25) is 11.8 Å². The average molecular weight is 444 g/mol. The van der Waals surface area contributed by atoms with Crippen molar-refractivity contribution in [1.82, 2.24) is 10.6 Å². The largest absolute Gasteiger partial charge is 0.356 e. The molecule has 0 aliphatic heterocycles. The molecule has 4 bridgehead atoms. The summed E-state index contributed by atoms with van der Waals surface area (Å²) in [6.07, 6.45) is 9.01.